The molecule has 6 heteroatoms. The van der Waals surface area contributed by atoms with E-state index in [1.54, 1.807) is 12.5 Å². The zero-order valence-electron chi connectivity index (χ0n) is 9.59. The number of aliphatic carboxylic acids is 1. The summed E-state index contributed by atoms with van der Waals surface area (Å²) in [5, 5.41) is 11.4. The van der Waals surface area contributed by atoms with Crippen molar-refractivity contribution in [2.45, 2.75) is 38.3 Å². The van der Waals surface area contributed by atoms with Crippen molar-refractivity contribution in [2.24, 2.45) is 0 Å². The Morgan fingerprint density at radius 3 is 2.88 bits per heavy atom. The number of hydrogen-bond donors (Lipinski definition) is 2. The first-order valence-corrected chi connectivity index (χ1v) is 5.58. The molecule has 2 N–H and O–H groups in total. The summed E-state index contributed by atoms with van der Waals surface area (Å²) in [6.07, 6.45) is 5.88. The number of carboxylic acids is 1. The Labute approximate surface area is 98.7 Å². The maximum absolute atomic E-state index is 11.0. The largest absolute Gasteiger partial charge is 0.480 e. The van der Waals surface area contributed by atoms with Crippen molar-refractivity contribution < 1.29 is 14.7 Å². The summed E-state index contributed by atoms with van der Waals surface area (Å²) < 4.78 is 2.00. The quantitative estimate of drug-likeness (QED) is 0.774. The third-order valence-electron chi connectivity index (χ3n) is 2.78. The smallest absolute Gasteiger partial charge is 0.326 e. The Morgan fingerprint density at radius 2 is 2.35 bits per heavy atom. The molecule has 1 aromatic rings. The van der Waals surface area contributed by atoms with Gasteiger partial charge in [0.1, 0.15) is 6.04 Å². The van der Waals surface area contributed by atoms with Gasteiger partial charge in [-0.25, -0.2) is 9.78 Å². The molecule has 0 saturated heterocycles. The van der Waals surface area contributed by atoms with E-state index in [1.807, 2.05) is 4.57 Å². The van der Waals surface area contributed by atoms with Gasteiger partial charge in [0, 0.05) is 31.3 Å². The van der Waals surface area contributed by atoms with Crippen LogP contribution in [0.15, 0.2) is 12.5 Å². The number of amides is 1. The van der Waals surface area contributed by atoms with Crippen LogP contribution in [0.4, 0.5) is 0 Å². The topological polar surface area (TPSA) is 84.2 Å². The average Bonchev–Trinajstić information content (AvgIpc) is 2.98. The van der Waals surface area contributed by atoms with Crippen LogP contribution in [0, 0.1) is 0 Å². The number of hydrogen-bond acceptors (Lipinski definition) is 3. The number of carbonyl (C=O) groups is 2. The third kappa shape index (κ3) is 2.83. The summed E-state index contributed by atoms with van der Waals surface area (Å²) in [5.74, 6) is -1.36. The molecular formula is C11H15N3O3. The fourth-order valence-corrected chi connectivity index (χ4v) is 1.83. The molecule has 0 aliphatic heterocycles. The van der Waals surface area contributed by atoms with E-state index >= 15 is 0 Å². The molecule has 1 aliphatic rings. The molecule has 2 rings (SSSR count). The minimum atomic E-state index is -1.02. The first kappa shape index (κ1) is 11.6. The SMILES string of the molecule is CC(=O)NC(Cc1cncn1C1CC1)C(=O)O. The Hall–Kier alpha value is -1.85. The minimum absolute atomic E-state index is 0.269. The maximum Gasteiger partial charge on any atom is 0.326 e. The van der Waals surface area contributed by atoms with Crippen LogP contribution in [0.3, 0.4) is 0 Å². The van der Waals surface area contributed by atoms with Gasteiger partial charge < -0.3 is 15.0 Å². The average molecular weight is 237 g/mol. The summed E-state index contributed by atoms with van der Waals surface area (Å²) in [5.41, 5.74) is 0.855. The summed E-state index contributed by atoms with van der Waals surface area (Å²) in [4.78, 5) is 26.0. The second-order valence-corrected chi connectivity index (χ2v) is 4.32. The number of carboxylic acid groups (broad SMARTS) is 1. The lowest BCUT2D eigenvalue weighted by molar-refractivity contribution is -0.141. The highest BCUT2D eigenvalue weighted by atomic mass is 16.4. The van der Waals surface area contributed by atoms with E-state index in [0.29, 0.717) is 6.04 Å². The van der Waals surface area contributed by atoms with E-state index in [-0.39, 0.29) is 12.3 Å². The lowest BCUT2D eigenvalue weighted by Gasteiger charge is -2.14. The molecule has 0 bridgehead atoms. The van der Waals surface area contributed by atoms with Gasteiger partial charge in [-0.2, -0.15) is 0 Å². The van der Waals surface area contributed by atoms with Crippen LogP contribution in [-0.4, -0.2) is 32.6 Å². The zero-order valence-corrected chi connectivity index (χ0v) is 9.59. The Kier molecular flexibility index (Phi) is 3.12. The summed E-state index contributed by atoms with van der Waals surface area (Å²) >= 11 is 0. The van der Waals surface area contributed by atoms with E-state index in [2.05, 4.69) is 10.3 Å². The molecule has 0 radical (unpaired) electrons. The van der Waals surface area contributed by atoms with Gasteiger partial charge in [0.05, 0.1) is 6.33 Å². The third-order valence-corrected chi connectivity index (χ3v) is 2.78. The van der Waals surface area contributed by atoms with Gasteiger partial charge in [0.15, 0.2) is 0 Å². The monoisotopic (exact) mass is 237 g/mol. The normalized spacial score (nSPS) is 16.5. The Morgan fingerprint density at radius 1 is 1.65 bits per heavy atom. The summed E-state index contributed by atoms with van der Waals surface area (Å²) in [6.45, 7) is 1.31. The van der Waals surface area contributed by atoms with Crippen LogP contribution in [0.2, 0.25) is 0 Å². The van der Waals surface area contributed by atoms with Crippen molar-refractivity contribution in [1.82, 2.24) is 14.9 Å². The molecule has 1 saturated carbocycles. The Balaban J connectivity index is 2.08. The first-order valence-electron chi connectivity index (χ1n) is 5.58. The minimum Gasteiger partial charge on any atom is -0.480 e. The molecular weight excluding hydrogens is 222 g/mol. The van der Waals surface area contributed by atoms with Crippen LogP contribution in [-0.2, 0) is 16.0 Å². The van der Waals surface area contributed by atoms with E-state index in [0.717, 1.165) is 18.5 Å². The van der Waals surface area contributed by atoms with Gasteiger partial charge in [-0.1, -0.05) is 0 Å². The van der Waals surface area contributed by atoms with Gasteiger partial charge in [-0.3, -0.25) is 4.79 Å². The lowest BCUT2D eigenvalue weighted by atomic mass is 10.1. The molecule has 0 spiro atoms. The predicted octanol–water partition coefficient (Wildman–Crippen LogP) is 0.350. The van der Waals surface area contributed by atoms with Gasteiger partial charge >= 0.3 is 5.97 Å². The molecule has 1 fully saturated rings. The summed E-state index contributed by atoms with van der Waals surface area (Å²) in [7, 11) is 0. The zero-order chi connectivity index (χ0) is 12.4. The lowest BCUT2D eigenvalue weighted by Crippen LogP contribution is -2.41. The van der Waals surface area contributed by atoms with Crippen LogP contribution in [0.25, 0.3) is 0 Å². The van der Waals surface area contributed by atoms with Crippen molar-refractivity contribution in [1.29, 1.82) is 0 Å². The van der Waals surface area contributed by atoms with Gasteiger partial charge in [-0.05, 0) is 12.8 Å². The summed E-state index contributed by atoms with van der Waals surface area (Å²) in [6, 6.07) is -0.430. The second kappa shape index (κ2) is 4.57. The van der Waals surface area contributed by atoms with Gasteiger partial charge in [0.2, 0.25) is 5.91 Å². The molecule has 1 unspecified atom stereocenters. The van der Waals surface area contributed by atoms with Crippen LogP contribution < -0.4 is 5.32 Å². The number of imidazole rings is 1. The highest BCUT2D eigenvalue weighted by molar-refractivity contribution is 5.82. The molecule has 1 aromatic heterocycles. The number of nitrogens with one attached hydrogen (secondary N) is 1. The van der Waals surface area contributed by atoms with Crippen molar-refractivity contribution in [3.8, 4) is 0 Å². The highest BCUT2D eigenvalue weighted by Crippen LogP contribution is 2.35. The number of nitrogens with zero attached hydrogens (tertiary/aromatic N) is 2. The number of carbonyl (C=O) groups excluding carboxylic acids is 1. The molecule has 1 atom stereocenters. The fourth-order valence-electron chi connectivity index (χ4n) is 1.83. The van der Waals surface area contributed by atoms with E-state index in [4.69, 9.17) is 5.11 Å². The Bertz CT molecular complexity index is 437. The molecule has 6 nitrogen and oxygen atoms in total. The highest BCUT2D eigenvalue weighted by Gasteiger charge is 2.27. The second-order valence-electron chi connectivity index (χ2n) is 4.32. The molecule has 1 amide bonds. The molecule has 1 aliphatic carbocycles. The van der Waals surface area contributed by atoms with Crippen LogP contribution >= 0.6 is 0 Å². The van der Waals surface area contributed by atoms with Crippen molar-refractivity contribution in [2.75, 3.05) is 0 Å². The number of aromatic nitrogens is 2. The molecule has 0 aromatic carbocycles. The van der Waals surface area contributed by atoms with Gasteiger partial charge in [0.25, 0.3) is 0 Å². The van der Waals surface area contributed by atoms with Gasteiger partial charge in [-0.15, -0.1) is 0 Å². The van der Waals surface area contributed by atoms with E-state index in [1.165, 1.54) is 6.92 Å². The molecule has 1 heterocycles. The van der Waals surface area contributed by atoms with Crippen molar-refractivity contribution in [3.63, 3.8) is 0 Å². The fraction of sp³-hybridized carbons (Fsp3) is 0.545. The van der Waals surface area contributed by atoms with E-state index < -0.39 is 12.0 Å². The molecule has 92 valence electrons. The van der Waals surface area contributed by atoms with Crippen molar-refractivity contribution in [3.05, 3.63) is 18.2 Å². The molecule has 17 heavy (non-hydrogen) atoms. The predicted molar refractivity (Wildman–Crippen MR) is 59.4 cm³/mol. The first-order chi connectivity index (χ1) is 8.08. The van der Waals surface area contributed by atoms with Crippen molar-refractivity contribution >= 4 is 11.9 Å². The number of rotatable bonds is 5. The maximum atomic E-state index is 11.0. The van der Waals surface area contributed by atoms with Crippen LogP contribution in [0.1, 0.15) is 31.5 Å². The van der Waals surface area contributed by atoms with Crippen LogP contribution in [0.5, 0.6) is 0 Å². The van der Waals surface area contributed by atoms with E-state index in [9.17, 15) is 9.59 Å². The standard InChI is InChI=1S/C11H15N3O3/c1-7(15)13-10(11(16)17)4-9-5-12-6-14(9)8-2-3-8/h5-6,8,10H,2-4H2,1H3,(H,13,15)(H,16,17).